The minimum Gasteiger partial charge on any atom is -0.456 e. The highest BCUT2D eigenvalue weighted by molar-refractivity contribution is 7.13. The quantitative estimate of drug-likeness (QED) is 0.466. The molecule has 0 spiro atoms. The number of hydrogen-bond donors (Lipinski definition) is 0. The van der Waals surface area contributed by atoms with Crippen molar-refractivity contribution < 1.29 is 14.1 Å². The lowest BCUT2D eigenvalue weighted by atomic mass is 10.1. The normalized spacial score (nSPS) is 11.2. The molecular weight excluding hydrogens is 370 g/mol. The first-order chi connectivity index (χ1) is 12.7. The summed E-state index contributed by atoms with van der Waals surface area (Å²) in [6, 6.07) is 5.61. The number of carbonyl (C=O) groups excluding carboxylic acids is 1. The number of pyridine rings is 1. The number of thiophene rings is 1. The molecule has 0 fully saturated rings. The molecule has 0 atom stereocenters. The van der Waals surface area contributed by atoms with Gasteiger partial charge in [0, 0.05) is 5.38 Å². The Hall–Kier alpha value is -2.58. The van der Waals surface area contributed by atoms with E-state index in [0.717, 1.165) is 22.0 Å². The van der Waals surface area contributed by atoms with Gasteiger partial charge in [-0.2, -0.15) is 0 Å². The second kappa shape index (κ2) is 6.97. The topological polar surface area (TPSA) is 78.1 Å². The van der Waals surface area contributed by atoms with Crippen molar-refractivity contribution in [2.75, 3.05) is 0 Å². The number of thiazole rings is 1. The molecule has 0 aliphatic carbocycles. The molecule has 0 bridgehead atoms. The van der Waals surface area contributed by atoms with Gasteiger partial charge < -0.3 is 9.26 Å². The molecule has 0 aliphatic rings. The van der Waals surface area contributed by atoms with Crippen molar-refractivity contribution in [3.8, 4) is 10.6 Å². The number of hydrogen-bond acceptors (Lipinski definition) is 8. The first kappa shape index (κ1) is 16.9. The Morgan fingerprint density at radius 1 is 1.31 bits per heavy atom. The number of carbonyl (C=O) groups is 1. The fraction of sp³-hybridized carbons (Fsp3) is 0.222. The number of ether oxygens (including phenoxy) is 1. The maximum atomic E-state index is 12.7. The van der Waals surface area contributed by atoms with Gasteiger partial charge >= 0.3 is 5.97 Å². The van der Waals surface area contributed by atoms with E-state index in [-0.39, 0.29) is 6.61 Å². The molecule has 0 N–H and O–H groups in total. The van der Waals surface area contributed by atoms with Gasteiger partial charge in [0.25, 0.3) is 5.71 Å². The summed E-state index contributed by atoms with van der Waals surface area (Å²) in [5, 5.41) is 9.42. The first-order valence-corrected chi connectivity index (χ1v) is 9.83. The third kappa shape index (κ3) is 3.13. The Morgan fingerprint density at radius 3 is 2.92 bits per heavy atom. The van der Waals surface area contributed by atoms with Gasteiger partial charge in [0.15, 0.2) is 0 Å². The van der Waals surface area contributed by atoms with E-state index in [1.54, 1.807) is 35.7 Å². The number of aromatic nitrogens is 3. The predicted octanol–water partition coefficient (Wildman–Crippen LogP) is 4.64. The van der Waals surface area contributed by atoms with Gasteiger partial charge in [0.05, 0.1) is 37.9 Å². The minimum absolute atomic E-state index is 0.137. The van der Waals surface area contributed by atoms with Crippen molar-refractivity contribution in [3.05, 3.63) is 50.9 Å². The van der Waals surface area contributed by atoms with Gasteiger partial charge in [-0.15, -0.1) is 22.7 Å². The SMILES string of the molecule is CCc1nc(COC(=O)c2cc(-c3cccs3)nc3onc(C)c23)cs1. The van der Waals surface area contributed by atoms with E-state index < -0.39 is 5.97 Å². The van der Waals surface area contributed by atoms with E-state index in [2.05, 4.69) is 15.1 Å². The van der Waals surface area contributed by atoms with Crippen LogP contribution in [0.25, 0.3) is 21.7 Å². The zero-order chi connectivity index (χ0) is 18.1. The molecule has 4 aromatic rings. The monoisotopic (exact) mass is 385 g/mol. The van der Waals surface area contributed by atoms with Gasteiger partial charge in [-0.05, 0) is 30.9 Å². The molecule has 132 valence electrons. The van der Waals surface area contributed by atoms with Crippen molar-refractivity contribution in [2.24, 2.45) is 0 Å². The van der Waals surface area contributed by atoms with Crippen LogP contribution in [0.4, 0.5) is 0 Å². The van der Waals surface area contributed by atoms with Crippen LogP contribution in [-0.4, -0.2) is 21.1 Å². The lowest BCUT2D eigenvalue weighted by Crippen LogP contribution is -2.07. The minimum atomic E-state index is -0.437. The molecule has 4 aromatic heterocycles. The second-order valence-corrected chi connectivity index (χ2v) is 7.53. The third-order valence-electron chi connectivity index (χ3n) is 3.86. The highest BCUT2D eigenvalue weighted by Gasteiger charge is 2.21. The summed E-state index contributed by atoms with van der Waals surface area (Å²) in [5.74, 6) is -0.437. The van der Waals surface area contributed by atoms with Gasteiger partial charge in [0.2, 0.25) is 0 Å². The molecular formula is C18H15N3O3S2. The fourth-order valence-electron chi connectivity index (χ4n) is 2.60. The van der Waals surface area contributed by atoms with Crippen LogP contribution in [0.1, 0.15) is 33.7 Å². The first-order valence-electron chi connectivity index (χ1n) is 8.07. The van der Waals surface area contributed by atoms with Gasteiger partial charge in [0.1, 0.15) is 6.61 Å². The van der Waals surface area contributed by atoms with E-state index in [1.807, 2.05) is 29.8 Å². The van der Waals surface area contributed by atoms with Gasteiger partial charge in [-0.1, -0.05) is 18.1 Å². The molecule has 26 heavy (non-hydrogen) atoms. The summed E-state index contributed by atoms with van der Waals surface area (Å²) in [4.78, 5) is 22.6. The number of fused-ring (bicyclic) bond motifs is 1. The van der Waals surface area contributed by atoms with Crippen LogP contribution in [0.15, 0.2) is 33.5 Å². The van der Waals surface area contributed by atoms with Crippen LogP contribution >= 0.6 is 22.7 Å². The summed E-state index contributed by atoms with van der Waals surface area (Å²) < 4.78 is 10.8. The molecule has 0 amide bonds. The van der Waals surface area contributed by atoms with Crippen LogP contribution in [-0.2, 0) is 17.8 Å². The van der Waals surface area contributed by atoms with Crippen molar-refractivity contribution in [1.29, 1.82) is 0 Å². The molecule has 0 unspecified atom stereocenters. The Bertz CT molecular complexity index is 1070. The van der Waals surface area contributed by atoms with Crippen LogP contribution < -0.4 is 0 Å². The van der Waals surface area contributed by atoms with Crippen LogP contribution in [0.2, 0.25) is 0 Å². The summed E-state index contributed by atoms with van der Waals surface area (Å²) in [5.41, 5.74) is 2.77. The van der Waals surface area contributed by atoms with Crippen molar-refractivity contribution in [2.45, 2.75) is 26.9 Å². The number of esters is 1. The molecule has 4 rings (SSSR count). The molecule has 8 heteroatoms. The van der Waals surface area contributed by atoms with Gasteiger partial charge in [-0.25, -0.2) is 14.8 Å². The second-order valence-electron chi connectivity index (χ2n) is 5.64. The Morgan fingerprint density at radius 2 is 2.19 bits per heavy atom. The van der Waals surface area contributed by atoms with E-state index >= 15 is 0 Å². The molecule has 4 heterocycles. The van der Waals surface area contributed by atoms with Crippen molar-refractivity contribution in [3.63, 3.8) is 0 Å². The molecule has 0 saturated heterocycles. The number of nitrogens with zero attached hydrogens (tertiary/aromatic N) is 3. The van der Waals surface area contributed by atoms with E-state index in [1.165, 1.54) is 0 Å². The van der Waals surface area contributed by atoms with Crippen LogP contribution in [0.3, 0.4) is 0 Å². The molecule has 6 nitrogen and oxygen atoms in total. The van der Waals surface area contributed by atoms with Crippen molar-refractivity contribution >= 4 is 39.7 Å². The Balaban J connectivity index is 1.67. The Kier molecular flexibility index (Phi) is 4.52. The summed E-state index contributed by atoms with van der Waals surface area (Å²) in [6.45, 7) is 3.96. The summed E-state index contributed by atoms with van der Waals surface area (Å²) in [6.07, 6.45) is 0.869. The van der Waals surface area contributed by atoms with Gasteiger partial charge in [-0.3, -0.25) is 0 Å². The molecule has 0 aromatic carbocycles. The Labute approximate surface area is 157 Å². The van der Waals surface area contributed by atoms with Crippen LogP contribution in [0, 0.1) is 6.92 Å². The standard InChI is InChI=1S/C18H15N3O3S2/c1-3-15-19-11(9-26-15)8-23-18(22)12-7-13(14-5-4-6-25-14)20-17-16(12)10(2)21-24-17/h4-7,9H,3,8H2,1-2H3. The highest BCUT2D eigenvalue weighted by atomic mass is 32.1. The van der Waals surface area contributed by atoms with E-state index in [4.69, 9.17) is 9.26 Å². The zero-order valence-electron chi connectivity index (χ0n) is 14.2. The summed E-state index contributed by atoms with van der Waals surface area (Å²) in [7, 11) is 0. The number of rotatable bonds is 5. The lowest BCUT2D eigenvalue weighted by Gasteiger charge is -2.06. The lowest BCUT2D eigenvalue weighted by molar-refractivity contribution is 0.0470. The zero-order valence-corrected chi connectivity index (χ0v) is 15.8. The average molecular weight is 385 g/mol. The smallest absolute Gasteiger partial charge is 0.339 e. The molecule has 0 radical (unpaired) electrons. The summed E-state index contributed by atoms with van der Waals surface area (Å²) >= 11 is 3.11. The van der Waals surface area contributed by atoms with E-state index in [9.17, 15) is 4.79 Å². The fourth-order valence-corrected chi connectivity index (χ4v) is 4.02. The largest absolute Gasteiger partial charge is 0.456 e. The third-order valence-corrected chi connectivity index (χ3v) is 5.80. The number of aryl methyl sites for hydroxylation is 2. The van der Waals surface area contributed by atoms with Crippen molar-refractivity contribution in [1.82, 2.24) is 15.1 Å². The molecule has 0 saturated carbocycles. The molecule has 0 aliphatic heterocycles. The maximum absolute atomic E-state index is 12.7. The predicted molar refractivity (Wildman–Crippen MR) is 100 cm³/mol. The maximum Gasteiger partial charge on any atom is 0.339 e. The highest BCUT2D eigenvalue weighted by Crippen LogP contribution is 2.30. The van der Waals surface area contributed by atoms with Crippen LogP contribution in [0.5, 0.6) is 0 Å². The van der Waals surface area contributed by atoms with E-state index in [0.29, 0.717) is 28.1 Å². The average Bonchev–Trinajstić information content (AvgIpc) is 3.40.